The van der Waals surface area contributed by atoms with Crippen molar-refractivity contribution in [2.75, 3.05) is 32.1 Å². The molecule has 1 aliphatic rings. The van der Waals surface area contributed by atoms with Gasteiger partial charge in [0.15, 0.2) is 0 Å². The number of hydrogen-bond acceptors (Lipinski definition) is 6. The van der Waals surface area contributed by atoms with Crippen LogP contribution in [0.4, 0.5) is 5.69 Å². The summed E-state index contributed by atoms with van der Waals surface area (Å²) in [6.45, 7) is 6.88. The van der Waals surface area contributed by atoms with Gasteiger partial charge in [-0.25, -0.2) is 0 Å². The summed E-state index contributed by atoms with van der Waals surface area (Å²) < 4.78 is 9.10. The zero-order valence-corrected chi connectivity index (χ0v) is 21.6. The van der Waals surface area contributed by atoms with Crippen LogP contribution in [0.2, 0.25) is 0 Å². The molecule has 2 aromatic carbocycles. The first-order valence-electron chi connectivity index (χ1n) is 11.5. The summed E-state index contributed by atoms with van der Waals surface area (Å²) >= 11 is 3.60. The Morgan fingerprint density at radius 3 is 2.41 bits per heavy atom. The predicted molar refractivity (Wildman–Crippen MR) is 138 cm³/mol. The van der Waals surface area contributed by atoms with Crippen LogP contribution in [0.1, 0.15) is 23.4 Å². The Labute approximate surface area is 208 Å². The molecule has 0 N–H and O–H groups in total. The first kappa shape index (κ1) is 22.8. The molecule has 2 aromatic heterocycles. The standard InChI is InChI=1S/C26H29BrN6O/c1-17-24(27)18(2)33(30-17)15-19-6-5-7-21(14-19)26-29-28-25(34-26)20-8-10-22(11-9-20)32-13-12-23(16-32)31(3)4/h5-11,14,23H,12-13,15-16H2,1-4H3. The summed E-state index contributed by atoms with van der Waals surface area (Å²) in [7, 11) is 4.30. The van der Waals surface area contributed by atoms with Crippen molar-refractivity contribution in [3.05, 3.63) is 70.0 Å². The molecular formula is C26H29BrN6O. The minimum atomic E-state index is 0.517. The third kappa shape index (κ3) is 4.52. The molecular weight excluding hydrogens is 492 g/mol. The van der Waals surface area contributed by atoms with Crippen molar-refractivity contribution in [1.29, 1.82) is 0 Å². The van der Waals surface area contributed by atoms with Crippen LogP contribution in [0.15, 0.2) is 57.4 Å². The molecule has 3 heterocycles. The largest absolute Gasteiger partial charge is 0.416 e. The van der Waals surface area contributed by atoms with Crippen LogP contribution in [0, 0.1) is 13.8 Å². The summed E-state index contributed by atoms with van der Waals surface area (Å²) in [6.07, 6.45) is 1.19. The fourth-order valence-corrected chi connectivity index (χ4v) is 4.76. The molecule has 7 nitrogen and oxygen atoms in total. The molecule has 4 aromatic rings. The molecule has 0 amide bonds. The van der Waals surface area contributed by atoms with Gasteiger partial charge in [0.1, 0.15) is 0 Å². The summed E-state index contributed by atoms with van der Waals surface area (Å²) in [4.78, 5) is 4.74. The molecule has 1 unspecified atom stereocenters. The van der Waals surface area contributed by atoms with Crippen molar-refractivity contribution in [3.8, 4) is 22.9 Å². The highest BCUT2D eigenvalue weighted by Gasteiger charge is 2.24. The number of anilines is 1. The van der Waals surface area contributed by atoms with Crippen molar-refractivity contribution < 1.29 is 4.42 Å². The quantitative estimate of drug-likeness (QED) is 0.349. The van der Waals surface area contributed by atoms with Gasteiger partial charge < -0.3 is 14.2 Å². The zero-order chi connectivity index (χ0) is 23.8. The van der Waals surface area contributed by atoms with E-state index in [1.165, 1.54) is 12.1 Å². The minimum Gasteiger partial charge on any atom is -0.416 e. The summed E-state index contributed by atoms with van der Waals surface area (Å²) in [6, 6.07) is 17.2. The fraction of sp³-hybridized carbons (Fsp3) is 0.346. The Hall–Kier alpha value is -2.97. The number of aryl methyl sites for hydroxylation is 1. The number of benzene rings is 2. The number of likely N-dealkylation sites (N-methyl/N-ethyl adjacent to an activating group) is 1. The normalized spacial score (nSPS) is 16.1. The molecule has 34 heavy (non-hydrogen) atoms. The number of nitrogens with zero attached hydrogens (tertiary/aromatic N) is 6. The lowest BCUT2D eigenvalue weighted by atomic mass is 10.1. The van der Waals surface area contributed by atoms with E-state index < -0.39 is 0 Å². The molecule has 1 aliphatic heterocycles. The van der Waals surface area contributed by atoms with Crippen molar-refractivity contribution in [1.82, 2.24) is 24.9 Å². The van der Waals surface area contributed by atoms with Gasteiger partial charge in [0.25, 0.3) is 0 Å². The number of aromatic nitrogens is 4. The average molecular weight is 521 g/mol. The molecule has 0 spiro atoms. The smallest absolute Gasteiger partial charge is 0.248 e. The monoisotopic (exact) mass is 520 g/mol. The van der Waals surface area contributed by atoms with Gasteiger partial charge in [-0.05, 0) is 92.3 Å². The molecule has 8 heteroatoms. The second-order valence-electron chi connectivity index (χ2n) is 9.15. The third-order valence-corrected chi connectivity index (χ3v) is 7.75. The second-order valence-corrected chi connectivity index (χ2v) is 9.95. The van der Waals surface area contributed by atoms with E-state index in [-0.39, 0.29) is 0 Å². The lowest BCUT2D eigenvalue weighted by Crippen LogP contribution is -2.31. The van der Waals surface area contributed by atoms with Gasteiger partial charge in [0.05, 0.1) is 22.4 Å². The SMILES string of the molecule is Cc1nn(Cc2cccc(-c3nnc(-c4ccc(N5CCC(N(C)C)C5)cc4)o3)c2)c(C)c1Br. The van der Waals surface area contributed by atoms with E-state index in [4.69, 9.17) is 4.42 Å². The van der Waals surface area contributed by atoms with Gasteiger partial charge >= 0.3 is 0 Å². The maximum atomic E-state index is 6.05. The highest BCUT2D eigenvalue weighted by molar-refractivity contribution is 9.10. The maximum Gasteiger partial charge on any atom is 0.248 e. The summed E-state index contributed by atoms with van der Waals surface area (Å²) in [5.74, 6) is 1.05. The second kappa shape index (κ2) is 9.35. The third-order valence-electron chi connectivity index (χ3n) is 6.60. The average Bonchev–Trinajstić information content (AvgIpc) is 3.57. The topological polar surface area (TPSA) is 63.2 Å². The Bertz CT molecular complexity index is 1290. The van der Waals surface area contributed by atoms with E-state index in [9.17, 15) is 0 Å². The molecule has 176 valence electrons. The van der Waals surface area contributed by atoms with E-state index in [2.05, 4.69) is 98.4 Å². The van der Waals surface area contributed by atoms with Crippen molar-refractivity contribution in [2.45, 2.75) is 32.9 Å². The summed E-state index contributed by atoms with van der Waals surface area (Å²) in [5.41, 5.74) is 6.29. The van der Waals surface area contributed by atoms with E-state index in [1.807, 2.05) is 23.7 Å². The molecule has 0 radical (unpaired) electrons. The molecule has 5 rings (SSSR count). The maximum absolute atomic E-state index is 6.05. The molecule has 1 saturated heterocycles. The molecule has 0 bridgehead atoms. The lowest BCUT2D eigenvalue weighted by molar-refractivity contribution is 0.315. The van der Waals surface area contributed by atoms with Crippen molar-refractivity contribution in [2.24, 2.45) is 0 Å². The van der Waals surface area contributed by atoms with Crippen LogP contribution < -0.4 is 4.90 Å². The zero-order valence-electron chi connectivity index (χ0n) is 20.0. The van der Waals surface area contributed by atoms with Crippen molar-refractivity contribution >= 4 is 21.6 Å². The van der Waals surface area contributed by atoms with Gasteiger partial charge in [-0.2, -0.15) is 5.10 Å². The van der Waals surface area contributed by atoms with Gasteiger partial charge in [-0.1, -0.05) is 12.1 Å². The van der Waals surface area contributed by atoms with Gasteiger partial charge in [0, 0.05) is 35.9 Å². The highest BCUT2D eigenvalue weighted by atomic mass is 79.9. The Balaban J connectivity index is 1.31. The fourth-order valence-electron chi connectivity index (χ4n) is 4.47. The molecule has 0 saturated carbocycles. The van der Waals surface area contributed by atoms with Crippen LogP contribution >= 0.6 is 15.9 Å². The Kier molecular flexibility index (Phi) is 6.27. The van der Waals surface area contributed by atoms with E-state index in [0.717, 1.165) is 45.6 Å². The number of hydrogen-bond donors (Lipinski definition) is 0. The van der Waals surface area contributed by atoms with Crippen LogP contribution in [-0.2, 0) is 6.54 Å². The van der Waals surface area contributed by atoms with Crippen LogP contribution in [0.5, 0.6) is 0 Å². The Morgan fingerprint density at radius 2 is 1.76 bits per heavy atom. The minimum absolute atomic E-state index is 0.517. The summed E-state index contributed by atoms with van der Waals surface area (Å²) in [5, 5.41) is 13.2. The first-order valence-corrected chi connectivity index (χ1v) is 12.3. The highest BCUT2D eigenvalue weighted by Crippen LogP contribution is 2.28. The van der Waals surface area contributed by atoms with Gasteiger partial charge in [-0.15, -0.1) is 10.2 Å². The van der Waals surface area contributed by atoms with Gasteiger partial charge in [0.2, 0.25) is 11.8 Å². The number of rotatable bonds is 6. The molecule has 0 aliphatic carbocycles. The first-order chi connectivity index (χ1) is 16.4. The molecule has 1 fully saturated rings. The van der Waals surface area contributed by atoms with Gasteiger partial charge in [-0.3, -0.25) is 4.68 Å². The Morgan fingerprint density at radius 1 is 1.03 bits per heavy atom. The van der Waals surface area contributed by atoms with Crippen molar-refractivity contribution in [3.63, 3.8) is 0 Å². The molecule has 1 atom stereocenters. The van der Waals surface area contributed by atoms with E-state index in [0.29, 0.717) is 24.4 Å². The van der Waals surface area contributed by atoms with Crippen LogP contribution in [0.3, 0.4) is 0 Å². The van der Waals surface area contributed by atoms with Crippen LogP contribution in [-0.4, -0.2) is 58.1 Å². The van der Waals surface area contributed by atoms with Crippen LogP contribution in [0.25, 0.3) is 22.9 Å². The van der Waals surface area contributed by atoms with E-state index >= 15 is 0 Å². The predicted octanol–water partition coefficient (Wildman–Crippen LogP) is 5.17. The number of halogens is 1. The van der Waals surface area contributed by atoms with E-state index in [1.54, 1.807) is 0 Å². The lowest BCUT2D eigenvalue weighted by Gasteiger charge is -2.21.